The van der Waals surface area contributed by atoms with Crippen molar-refractivity contribution in [3.05, 3.63) is 132 Å². The molecule has 5 rings (SSSR count). The number of nitro groups is 2. The van der Waals surface area contributed by atoms with Crippen LogP contribution in [-0.4, -0.2) is 20.1 Å². The second-order valence-electron chi connectivity index (χ2n) is 7.68. The van der Waals surface area contributed by atoms with Crippen LogP contribution >= 0.6 is 0 Å². The van der Waals surface area contributed by atoms with Crippen molar-refractivity contribution >= 4 is 11.1 Å². The van der Waals surface area contributed by atoms with Gasteiger partial charge in [0.25, 0.3) is 0 Å². The number of hydrogen-bond donors (Lipinski definition) is 2. The molecule has 162 valence electrons. The zero-order valence-corrected chi connectivity index (χ0v) is 17.1. The molecule has 2 aliphatic rings. The van der Waals surface area contributed by atoms with E-state index in [0.717, 1.165) is 11.1 Å². The second-order valence-corrected chi connectivity index (χ2v) is 7.68. The van der Waals surface area contributed by atoms with Crippen molar-refractivity contribution in [1.29, 1.82) is 0 Å². The van der Waals surface area contributed by atoms with Crippen molar-refractivity contribution in [1.82, 2.24) is 0 Å². The van der Waals surface area contributed by atoms with Gasteiger partial charge >= 0.3 is 11.4 Å². The fourth-order valence-corrected chi connectivity index (χ4v) is 4.61. The van der Waals surface area contributed by atoms with E-state index >= 15 is 0 Å². The Balaban J connectivity index is 1.91. The molecule has 0 atom stereocenters. The molecule has 0 radical (unpaired) electrons. The van der Waals surface area contributed by atoms with E-state index in [1.165, 1.54) is 12.1 Å². The summed E-state index contributed by atoms with van der Waals surface area (Å²) in [7, 11) is 0. The summed E-state index contributed by atoms with van der Waals surface area (Å²) in [6, 6.07) is 20.8. The first-order valence-corrected chi connectivity index (χ1v) is 10.1. The van der Waals surface area contributed by atoms with Crippen LogP contribution in [0.3, 0.4) is 0 Å². The Kier molecular flexibility index (Phi) is 4.56. The number of benzene rings is 3. The molecule has 8 nitrogen and oxygen atoms in total. The quantitative estimate of drug-likeness (QED) is 0.328. The van der Waals surface area contributed by atoms with Crippen LogP contribution in [0.4, 0.5) is 0 Å². The van der Waals surface area contributed by atoms with Crippen molar-refractivity contribution in [2.75, 3.05) is 0 Å². The first-order chi connectivity index (χ1) is 15.9. The van der Waals surface area contributed by atoms with Gasteiger partial charge in [-0.15, -0.1) is 0 Å². The number of phenolic OH excluding ortho intramolecular Hbond substituents is 1. The van der Waals surface area contributed by atoms with Gasteiger partial charge in [0.15, 0.2) is 0 Å². The average Bonchev–Trinajstić information content (AvgIpc) is 3.13. The van der Waals surface area contributed by atoms with Crippen molar-refractivity contribution in [3.8, 4) is 16.9 Å². The van der Waals surface area contributed by atoms with Crippen molar-refractivity contribution in [3.63, 3.8) is 0 Å². The molecule has 2 N–H and O–H groups in total. The van der Waals surface area contributed by atoms with Gasteiger partial charge in [0, 0.05) is 23.1 Å². The number of aliphatic hydroxyl groups excluding tert-OH is 1. The van der Waals surface area contributed by atoms with E-state index < -0.39 is 27.0 Å². The smallest absolute Gasteiger partial charge is 0.387 e. The minimum atomic E-state index is -0.992. The molecule has 0 saturated carbocycles. The highest BCUT2D eigenvalue weighted by molar-refractivity contribution is 6.04. The number of allylic oxidation sites excluding steroid dienone is 2. The van der Waals surface area contributed by atoms with Gasteiger partial charge in [0.05, 0.1) is 15.4 Å². The number of hydrogen-bond acceptors (Lipinski definition) is 6. The van der Waals surface area contributed by atoms with Crippen LogP contribution < -0.4 is 0 Å². The standard InChI is InChI=1S/C25H16N2O6/c28-21-12-6-5-9-16(21)19-13-20(23(26(30)31)24(25(19)29)27(32)33)22-17-10-3-1-7-14(17)15-8-2-4-11-18(15)22/h1-12,28-29H,13H2. The van der Waals surface area contributed by atoms with Crippen molar-refractivity contribution in [2.24, 2.45) is 0 Å². The van der Waals surface area contributed by atoms with Gasteiger partial charge in [-0.3, -0.25) is 20.2 Å². The van der Waals surface area contributed by atoms with Crippen LogP contribution in [0.25, 0.3) is 22.3 Å². The first kappa shape index (κ1) is 20.2. The zero-order valence-electron chi connectivity index (χ0n) is 17.1. The average molecular weight is 440 g/mol. The number of rotatable bonds is 3. The molecule has 0 fully saturated rings. The third-order valence-electron chi connectivity index (χ3n) is 5.95. The predicted molar refractivity (Wildman–Crippen MR) is 121 cm³/mol. The molecule has 8 heteroatoms. The Labute approximate surface area is 187 Å². The van der Waals surface area contributed by atoms with Crippen LogP contribution in [-0.2, 0) is 0 Å². The van der Waals surface area contributed by atoms with Gasteiger partial charge in [0.2, 0.25) is 5.76 Å². The highest BCUT2D eigenvalue weighted by atomic mass is 16.6. The van der Waals surface area contributed by atoms with E-state index in [1.807, 2.05) is 36.4 Å². The van der Waals surface area contributed by atoms with Crippen LogP contribution in [0.1, 0.15) is 23.1 Å². The molecule has 0 spiro atoms. The topological polar surface area (TPSA) is 127 Å². The van der Waals surface area contributed by atoms with Crippen molar-refractivity contribution < 1.29 is 20.1 Å². The van der Waals surface area contributed by atoms with E-state index in [9.17, 15) is 30.4 Å². The predicted octanol–water partition coefficient (Wildman–Crippen LogP) is 5.31. The molecule has 0 aromatic heterocycles. The zero-order chi connectivity index (χ0) is 23.3. The maximum Gasteiger partial charge on any atom is 0.387 e. The molecular weight excluding hydrogens is 424 g/mol. The lowest BCUT2D eigenvalue weighted by molar-refractivity contribution is -0.468. The van der Waals surface area contributed by atoms with E-state index in [1.54, 1.807) is 24.3 Å². The molecule has 0 unspecified atom stereocenters. The van der Waals surface area contributed by atoms with E-state index in [4.69, 9.17) is 0 Å². The normalized spacial score (nSPS) is 14.9. The lowest BCUT2D eigenvalue weighted by Gasteiger charge is -2.20. The molecule has 0 saturated heterocycles. The molecule has 0 heterocycles. The second kappa shape index (κ2) is 7.45. The van der Waals surface area contributed by atoms with Gasteiger partial charge in [0.1, 0.15) is 5.75 Å². The van der Waals surface area contributed by atoms with Gasteiger partial charge in [-0.05, 0) is 28.3 Å². The summed E-state index contributed by atoms with van der Waals surface area (Å²) in [6.07, 6.45) is -0.172. The summed E-state index contributed by atoms with van der Waals surface area (Å²) in [5, 5.41) is 45.3. The minimum absolute atomic E-state index is 0.0507. The summed E-state index contributed by atoms with van der Waals surface area (Å²) in [4.78, 5) is 22.3. The van der Waals surface area contributed by atoms with Crippen LogP contribution in [0.15, 0.2) is 95.5 Å². The fraction of sp³-hybridized carbons (Fsp3) is 0.0400. The Morgan fingerprint density at radius 1 is 0.606 bits per heavy atom. The summed E-state index contributed by atoms with van der Waals surface area (Å²) < 4.78 is 0. The number of nitrogens with zero attached hydrogens (tertiary/aromatic N) is 2. The van der Waals surface area contributed by atoms with Gasteiger partial charge in [-0.25, -0.2) is 0 Å². The Morgan fingerprint density at radius 2 is 1.06 bits per heavy atom. The minimum Gasteiger partial charge on any atom is -0.507 e. The highest BCUT2D eigenvalue weighted by Crippen LogP contribution is 2.51. The lowest BCUT2D eigenvalue weighted by atomic mass is 9.84. The molecule has 0 amide bonds. The number of aromatic hydroxyl groups is 1. The molecule has 0 aliphatic heterocycles. The lowest BCUT2D eigenvalue weighted by Crippen LogP contribution is -2.20. The largest absolute Gasteiger partial charge is 0.507 e. The molecule has 33 heavy (non-hydrogen) atoms. The van der Waals surface area contributed by atoms with Crippen LogP contribution in [0.5, 0.6) is 5.75 Å². The van der Waals surface area contributed by atoms with E-state index in [-0.39, 0.29) is 28.9 Å². The van der Waals surface area contributed by atoms with Gasteiger partial charge < -0.3 is 10.2 Å². The van der Waals surface area contributed by atoms with Gasteiger partial charge in [-0.1, -0.05) is 66.7 Å². The number of phenols is 1. The maximum absolute atomic E-state index is 12.1. The monoisotopic (exact) mass is 440 g/mol. The fourth-order valence-electron chi connectivity index (χ4n) is 4.61. The van der Waals surface area contributed by atoms with E-state index in [2.05, 4.69) is 0 Å². The Hall–Kier alpha value is -4.72. The molecule has 2 aliphatic carbocycles. The Morgan fingerprint density at radius 3 is 1.55 bits per heavy atom. The van der Waals surface area contributed by atoms with E-state index in [0.29, 0.717) is 16.7 Å². The Bertz CT molecular complexity index is 1420. The highest BCUT2D eigenvalue weighted by Gasteiger charge is 2.45. The molecule has 3 aromatic rings. The summed E-state index contributed by atoms with van der Waals surface area (Å²) in [6.45, 7) is 0. The molecular formula is C25H16N2O6. The first-order valence-electron chi connectivity index (χ1n) is 10.1. The maximum atomic E-state index is 12.1. The van der Waals surface area contributed by atoms with Gasteiger partial charge in [-0.2, -0.15) is 0 Å². The third kappa shape index (κ3) is 3.00. The summed E-state index contributed by atoms with van der Waals surface area (Å²) in [5.74, 6) is -1.01. The van der Waals surface area contributed by atoms with Crippen molar-refractivity contribution in [2.45, 2.75) is 6.42 Å². The summed E-state index contributed by atoms with van der Waals surface area (Å²) in [5.41, 5.74) is 2.26. The molecule has 0 bridgehead atoms. The van der Waals surface area contributed by atoms with Crippen LogP contribution in [0, 0.1) is 20.2 Å². The third-order valence-corrected chi connectivity index (χ3v) is 5.95. The number of para-hydroxylation sites is 1. The number of fused-ring (bicyclic) bond motifs is 3. The SMILES string of the molecule is O=[N+]([O-])C1=C([N+](=O)[O-])C(=C2c3ccccc3-c3ccccc32)CC(c2ccccc2O)=C1O. The molecule has 3 aromatic carbocycles. The van der Waals surface area contributed by atoms with Crippen LogP contribution in [0.2, 0.25) is 0 Å². The summed E-state index contributed by atoms with van der Waals surface area (Å²) >= 11 is 0. The number of aliphatic hydroxyl groups is 1.